The summed E-state index contributed by atoms with van der Waals surface area (Å²) in [4.78, 5) is 12.0. The molecule has 0 spiro atoms. The third-order valence-corrected chi connectivity index (χ3v) is 3.47. The van der Waals surface area contributed by atoms with Gasteiger partial charge in [0.2, 0.25) is 0 Å². The molecule has 1 unspecified atom stereocenters. The Morgan fingerprint density at radius 3 is 2.38 bits per heavy atom. The molecular weight excluding hydrogens is 260 g/mol. The molecule has 1 atom stereocenters. The van der Waals surface area contributed by atoms with Crippen LogP contribution in [0, 0.1) is 13.8 Å². The molecule has 0 aliphatic carbocycles. The van der Waals surface area contributed by atoms with Crippen LogP contribution in [0.3, 0.4) is 0 Å². The fourth-order valence-corrected chi connectivity index (χ4v) is 2.25. The molecule has 0 bridgehead atoms. The molecule has 0 fully saturated rings. The van der Waals surface area contributed by atoms with Gasteiger partial charge in [-0.1, -0.05) is 42.0 Å². The Kier molecular flexibility index (Phi) is 4.99. The molecule has 3 nitrogen and oxygen atoms in total. The van der Waals surface area contributed by atoms with Crippen molar-refractivity contribution in [3.63, 3.8) is 0 Å². The lowest BCUT2D eigenvalue weighted by molar-refractivity contribution is 0.249. The molecule has 2 aromatic rings. The largest absolute Gasteiger partial charge is 0.335 e. The van der Waals surface area contributed by atoms with Gasteiger partial charge in [0.1, 0.15) is 0 Å². The fourth-order valence-electron chi connectivity index (χ4n) is 2.25. The summed E-state index contributed by atoms with van der Waals surface area (Å²) in [5, 5.41) is 5.82. The third-order valence-electron chi connectivity index (χ3n) is 3.47. The standard InChI is InChI=1S/C18H22N2O/c1-13-8-10-17(11-9-13)20-18(21)19-15(3)12-16-7-5-4-6-14(16)2/h4-11,15H,12H2,1-3H3,(H2,19,20,21). The topological polar surface area (TPSA) is 41.1 Å². The summed E-state index contributed by atoms with van der Waals surface area (Å²) in [7, 11) is 0. The van der Waals surface area contributed by atoms with Crippen molar-refractivity contribution in [2.24, 2.45) is 0 Å². The molecule has 0 aromatic heterocycles. The van der Waals surface area contributed by atoms with E-state index in [1.807, 2.05) is 50.2 Å². The average molecular weight is 282 g/mol. The van der Waals surface area contributed by atoms with Gasteiger partial charge in [-0.3, -0.25) is 0 Å². The maximum Gasteiger partial charge on any atom is 0.319 e. The van der Waals surface area contributed by atoms with Crippen LogP contribution in [0.1, 0.15) is 23.6 Å². The molecule has 2 rings (SSSR count). The molecule has 2 amide bonds. The Hall–Kier alpha value is -2.29. The van der Waals surface area contributed by atoms with E-state index >= 15 is 0 Å². The van der Waals surface area contributed by atoms with Crippen molar-refractivity contribution in [2.75, 3.05) is 5.32 Å². The van der Waals surface area contributed by atoms with E-state index in [2.05, 4.69) is 29.7 Å². The zero-order valence-electron chi connectivity index (χ0n) is 12.8. The first-order valence-electron chi connectivity index (χ1n) is 7.23. The molecule has 0 aliphatic rings. The van der Waals surface area contributed by atoms with Crippen molar-refractivity contribution >= 4 is 11.7 Å². The Morgan fingerprint density at radius 1 is 1.05 bits per heavy atom. The summed E-state index contributed by atoms with van der Waals surface area (Å²) in [6, 6.07) is 15.9. The molecule has 0 radical (unpaired) electrons. The lowest BCUT2D eigenvalue weighted by Gasteiger charge is -2.16. The highest BCUT2D eigenvalue weighted by Crippen LogP contribution is 2.11. The number of rotatable bonds is 4. The van der Waals surface area contributed by atoms with E-state index in [0.717, 1.165) is 12.1 Å². The zero-order valence-corrected chi connectivity index (χ0v) is 12.8. The van der Waals surface area contributed by atoms with E-state index in [-0.39, 0.29) is 12.1 Å². The highest BCUT2D eigenvalue weighted by atomic mass is 16.2. The van der Waals surface area contributed by atoms with Crippen LogP contribution in [0.15, 0.2) is 48.5 Å². The summed E-state index contributed by atoms with van der Waals surface area (Å²) < 4.78 is 0. The average Bonchev–Trinajstić information content (AvgIpc) is 2.44. The molecule has 0 heterocycles. The second-order valence-corrected chi connectivity index (χ2v) is 5.50. The zero-order chi connectivity index (χ0) is 15.2. The van der Waals surface area contributed by atoms with Crippen LogP contribution in [0.5, 0.6) is 0 Å². The maximum absolute atomic E-state index is 12.0. The van der Waals surface area contributed by atoms with Gasteiger partial charge in [0.15, 0.2) is 0 Å². The van der Waals surface area contributed by atoms with Gasteiger partial charge in [-0.2, -0.15) is 0 Å². The van der Waals surface area contributed by atoms with Crippen molar-refractivity contribution in [2.45, 2.75) is 33.2 Å². The Balaban J connectivity index is 1.87. The lowest BCUT2D eigenvalue weighted by atomic mass is 10.0. The maximum atomic E-state index is 12.0. The highest BCUT2D eigenvalue weighted by Gasteiger charge is 2.09. The SMILES string of the molecule is Cc1ccc(NC(=O)NC(C)Cc2ccccc2C)cc1. The summed E-state index contributed by atoms with van der Waals surface area (Å²) in [5.41, 5.74) is 4.50. The van der Waals surface area contributed by atoms with Crippen LogP contribution < -0.4 is 10.6 Å². The van der Waals surface area contributed by atoms with E-state index in [1.165, 1.54) is 16.7 Å². The van der Waals surface area contributed by atoms with Crippen molar-refractivity contribution in [3.8, 4) is 0 Å². The van der Waals surface area contributed by atoms with Gasteiger partial charge in [-0.25, -0.2) is 4.79 Å². The number of hydrogen-bond donors (Lipinski definition) is 2. The van der Waals surface area contributed by atoms with Gasteiger partial charge < -0.3 is 10.6 Å². The van der Waals surface area contributed by atoms with Crippen LogP contribution >= 0.6 is 0 Å². The Bertz CT molecular complexity index is 605. The van der Waals surface area contributed by atoms with Gasteiger partial charge in [0.05, 0.1) is 0 Å². The summed E-state index contributed by atoms with van der Waals surface area (Å²) >= 11 is 0. The minimum absolute atomic E-state index is 0.0801. The third kappa shape index (κ3) is 4.63. The first-order chi connectivity index (χ1) is 10.0. The van der Waals surface area contributed by atoms with Crippen LogP contribution in [-0.2, 0) is 6.42 Å². The van der Waals surface area contributed by atoms with E-state index in [1.54, 1.807) is 0 Å². The first kappa shape index (κ1) is 15.1. The lowest BCUT2D eigenvalue weighted by Crippen LogP contribution is -2.37. The number of carbonyl (C=O) groups excluding carboxylic acids is 1. The number of aryl methyl sites for hydroxylation is 2. The van der Waals surface area contributed by atoms with Crippen molar-refractivity contribution in [3.05, 3.63) is 65.2 Å². The molecule has 2 N–H and O–H groups in total. The highest BCUT2D eigenvalue weighted by molar-refractivity contribution is 5.89. The molecule has 2 aromatic carbocycles. The van der Waals surface area contributed by atoms with Crippen molar-refractivity contribution in [1.82, 2.24) is 5.32 Å². The normalized spacial score (nSPS) is 11.8. The Labute approximate surface area is 126 Å². The van der Waals surface area contributed by atoms with Crippen LogP contribution in [0.4, 0.5) is 10.5 Å². The summed E-state index contributed by atoms with van der Waals surface area (Å²) in [5.74, 6) is 0. The number of urea groups is 1. The van der Waals surface area contributed by atoms with Gasteiger partial charge >= 0.3 is 6.03 Å². The minimum Gasteiger partial charge on any atom is -0.335 e. The predicted octanol–water partition coefficient (Wildman–Crippen LogP) is 4.06. The summed E-state index contributed by atoms with van der Waals surface area (Å²) in [6.07, 6.45) is 0.827. The van der Waals surface area contributed by atoms with Gasteiger partial charge in [-0.15, -0.1) is 0 Å². The van der Waals surface area contributed by atoms with Crippen LogP contribution in [0.25, 0.3) is 0 Å². The van der Waals surface area contributed by atoms with E-state index < -0.39 is 0 Å². The molecule has 0 aliphatic heterocycles. The van der Waals surface area contributed by atoms with Gasteiger partial charge in [0, 0.05) is 11.7 Å². The number of carbonyl (C=O) groups is 1. The fraction of sp³-hybridized carbons (Fsp3) is 0.278. The summed E-state index contributed by atoms with van der Waals surface area (Å²) in [6.45, 7) is 6.13. The number of benzene rings is 2. The van der Waals surface area contributed by atoms with Crippen LogP contribution in [0.2, 0.25) is 0 Å². The molecule has 110 valence electrons. The second kappa shape index (κ2) is 6.93. The number of nitrogens with one attached hydrogen (secondary N) is 2. The van der Waals surface area contributed by atoms with E-state index in [9.17, 15) is 4.79 Å². The molecule has 21 heavy (non-hydrogen) atoms. The van der Waals surface area contributed by atoms with Crippen LogP contribution in [-0.4, -0.2) is 12.1 Å². The quantitative estimate of drug-likeness (QED) is 0.872. The second-order valence-electron chi connectivity index (χ2n) is 5.50. The van der Waals surface area contributed by atoms with Gasteiger partial charge in [0.25, 0.3) is 0 Å². The monoisotopic (exact) mass is 282 g/mol. The Morgan fingerprint density at radius 2 is 1.71 bits per heavy atom. The van der Waals surface area contributed by atoms with Crippen molar-refractivity contribution in [1.29, 1.82) is 0 Å². The minimum atomic E-state index is -0.167. The molecular formula is C18H22N2O. The number of amides is 2. The smallest absolute Gasteiger partial charge is 0.319 e. The predicted molar refractivity (Wildman–Crippen MR) is 87.7 cm³/mol. The van der Waals surface area contributed by atoms with Gasteiger partial charge in [-0.05, 0) is 50.5 Å². The molecule has 3 heteroatoms. The molecule has 0 saturated heterocycles. The van der Waals surface area contributed by atoms with Crippen molar-refractivity contribution < 1.29 is 4.79 Å². The van der Waals surface area contributed by atoms with E-state index in [0.29, 0.717) is 0 Å². The van der Waals surface area contributed by atoms with E-state index in [4.69, 9.17) is 0 Å². The number of anilines is 1. The molecule has 0 saturated carbocycles. The first-order valence-corrected chi connectivity index (χ1v) is 7.23. The number of hydrogen-bond acceptors (Lipinski definition) is 1.